The maximum absolute atomic E-state index is 12.0. The van der Waals surface area contributed by atoms with Crippen LogP contribution in [0, 0.1) is 0 Å². The number of ether oxygens (including phenoxy) is 1. The van der Waals surface area contributed by atoms with Crippen LogP contribution in [-0.4, -0.2) is 49.2 Å². The number of benzene rings is 1. The number of hydrogen-bond acceptors (Lipinski definition) is 4. The maximum Gasteiger partial charge on any atom is 0.220 e. The van der Waals surface area contributed by atoms with Crippen LogP contribution in [-0.2, 0) is 9.53 Å². The molecule has 1 amide bonds. The minimum absolute atomic E-state index is 0. The molecule has 0 radical (unpaired) electrons. The lowest BCUT2D eigenvalue weighted by Gasteiger charge is -2.42. The fraction of sp³-hybridized carbons (Fsp3) is 0.611. The van der Waals surface area contributed by atoms with Crippen LogP contribution in [0.3, 0.4) is 0 Å². The summed E-state index contributed by atoms with van der Waals surface area (Å²) in [6.45, 7) is 7.65. The molecule has 1 aromatic rings. The van der Waals surface area contributed by atoms with E-state index in [2.05, 4.69) is 24.1 Å². The fourth-order valence-corrected chi connectivity index (χ4v) is 3.15. The zero-order valence-electron chi connectivity index (χ0n) is 15.4. The van der Waals surface area contributed by atoms with Crippen molar-refractivity contribution in [3.63, 3.8) is 0 Å². The van der Waals surface area contributed by atoms with E-state index in [-0.39, 0.29) is 42.4 Å². The first-order valence-electron chi connectivity index (χ1n) is 8.51. The molecule has 2 rings (SSSR count). The highest BCUT2D eigenvalue weighted by molar-refractivity contribution is 6.30. The lowest BCUT2D eigenvalue weighted by Crippen LogP contribution is -2.51. The predicted octanol–water partition coefficient (Wildman–Crippen LogP) is 3.19. The molecule has 0 aromatic heterocycles. The molecule has 0 spiro atoms. The molecule has 1 saturated heterocycles. The normalized spacial score (nSPS) is 17.5. The third-order valence-electron chi connectivity index (χ3n) is 4.25. The molecule has 1 atom stereocenters. The Morgan fingerprint density at radius 1 is 1.35 bits per heavy atom. The third kappa shape index (κ3) is 7.99. The summed E-state index contributed by atoms with van der Waals surface area (Å²) < 4.78 is 5.82. The first-order chi connectivity index (χ1) is 11.4. The van der Waals surface area contributed by atoms with Crippen molar-refractivity contribution in [1.29, 1.82) is 0 Å². The average molecular weight is 427 g/mol. The van der Waals surface area contributed by atoms with Gasteiger partial charge in [0.15, 0.2) is 0 Å². The molecule has 0 saturated carbocycles. The van der Waals surface area contributed by atoms with Crippen LogP contribution < -0.4 is 11.1 Å². The first-order valence-corrected chi connectivity index (χ1v) is 8.89. The van der Waals surface area contributed by atoms with Gasteiger partial charge in [0.05, 0.1) is 18.2 Å². The van der Waals surface area contributed by atoms with Crippen LogP contribution in [0.15, 0.2) is 24.3 Å². The van der Waals surface area contributed by atoms with E-state index in [0.29, 0.717) is 37.6 Å². The van der Waals surface area contributed by atoms with Crippen LogP contribution in [0.5, 0.6) is 0 Å². The van der Waals surface area contributed by atoms with Crippen LogP contribution >= 0.6 is 36.4 Å². The van der Waals surface area contributed by atoms with Crippen molar-refractivity contribution in [2.45, 2.75) is 38.3 Å². The Morgan fingerprint density at radius 3 is 2.58 bits per heavy atom. The van der Waals surface area contributed by atoms with E-state index >= 15 is 0 Å². The van der Waals surface area contributed by atoms with Gasteiger partial charge >= 0.3 is 0 Å². The number of amides is 1. The van der Waals surface area contributed by atoms with Crippen LogP contribution in [0.25, 0.3) is 0 Å². The molecule has 1 fully saturated rings. The van der Waals surface area contributed by atoms with Gasteiger partial charge in [-0.3, -0.25) is 9.69 Å². The van der Waals surface area contributed by atoms with Crippen molar-refractivity contribution < 1.29 is 9.53 Å². The summed E-state index contributed by atoms with van der Waals surface area (Å²) in [6, 6.07) is 7.95. The Bertz CT molecular complexity index is 541. The predicted molar refractivity (Wildman–Crippen MR) is 112 cm³/mol. The van der Waals surface area contributed by atoms with Gasteiger partial charge in [-0.25, -0.2) is 0 Å². The lowest BCUT2D eigenvalue weighted by molar-refractivity contribution is -0.122. The van der Waals surface area contributed by atoms with Gasteiger partial charge in [0.1, 0.15) is 0 Å². The van der Waals surface area contributed by atoms with E-state index in [0.717, 1.165) is 18.7 Å². The number of rotatable bonds is 7. The lowest BCUT2D eigenvalue weighted by atomic mass is 10.0. The van der Waals surface area contributed by atoms with Gasteiger partial charge in [-0.05, 0) is 44.5 Å². The molecule has 26 heavy (non-hydrogen) atoms. The molecular weight excluding hydrogens is 397 g/mol. The molecule has 3 N–H and O–H groups in total. The minimum Gasteiger partial charge on any atom is -0.373 e. The van der Waals surface area contributed by atoms with Gasteiger partial charge in [0, 0.05) is 31.1 Å². The highest BCUT2D eigenvalue weighted by Crippen LogP contribution is 2.27. The standard InChI is InChI=1S/C18H28ClN3O2.2ClH/c1-18(2)13-22(10-11-24-18)16(12-21-17(23)4-3-9-20)14-5-7-15(19)8-6-14;;/h5-8,16H,3-4,9-13,20H2,1-2H3,(H,21,23);2*1H. The number of halogens is 3. The van der Waals surface area contributed by atoms with E-state index in [9.17, 15) is 4.79 Å². The largest absolute Gasteiger partial charge is 0.373 e. The van der Waals surface area contributed by atoms with Crippen LogP contribution in [0.1, 0.15) is 38.3 Å². The molecule has 1 heterocycles. The van der Waals surface area contributed by atoms with Gasteiger partial charge in [0.2, 0.25) is 5.91 Å². The molecule has 150 valence electrons. The Hall–Kier alpha value is -0.560. The monoisotopic (exact) mass is 425 g/mol. The second-order valence-electron chi connectivity index (χ2n) is 6.84. The second-order valence-corrected chi connectivity index (χ2v) is 7.28. The van der Waals surface area contributed by atoms with Crippen molar-refractivity contribution in [2.75, 3.05) is 32.8 Å². The molecule has 0 bridgehead atoms. The SMILES string of the molecule is CC1(C)CN(C(CNC(=O)CCCN)c2ccc(Cl)cc2)CCO1.Cl.Cl. The van der Waals surface area contributed by atoms with Crippen molar-refractivity contribution >= 4 is 42.3 Å². The Balaban J connectivity index is 0.00000312. The van der Waals surface area contributed by atoms with E-state index in [1.54, 1.807) is 0 Å². The molecule has 1 unspecified atom stereocenters. The Morgan fingerprint density at radius 2 is 2.00 bits per heavy atom. The highest BCUT2D eigenvalue weighted by Gasteiger charge is 2.32. The van der Waals surface area contributed by atoms with Gasteiger partial charge in [-0.2, -0.15) is 0 Å². The summed E-state index contributed by atoms with van der Waals surface area (Å²) in [5, 5.41) is 3.76. The fourth-order valence-electron chi connectivity index (χ4n) is 3.02. The molecule has 1 aliphatic rings. The van der Waals surface area contributed by atoms with Crippen molar-refractivity contribution in [3.05, 3.63) is 34.9 Å². The van der Waals surface area contributed by atoms with E-state index in [1.165, 1.54) is 0 Å². The van der Waals surface area contributed by atoms with E-state index < -0.39 is 0 Å². The molecule has 1 aromatic carbocycles. The summed E-state index contributed by atoms with van der Waals surface area (Å²) in [7, 11) is 0. The number of nitrogens with zero attached hydrogens (tertiary/aromatic N) is 1. The number of nitrogens with two attached hydrogens (primary N) is 1. The summed E-state index contributed by atoms with van der Waals surface area (Å²) in [6.07, 6.45) is 1.18. The maximum atomic E-state index is 12.0. The van der Waals surface area contributed by atoms with Gasteiger partial charge < -0.3 is 15.8 Å². The number of carbonyl (C=O) groups is 1. The molecule has 1 aliphatic heterocycles. The number of morpholine rings is 1. The molecule has 0 aliphatic carbocycles. The zero-order chi connectivity index (χ0) is 17.6. The second kappa shape index (κ2) is 12.0. The Kier molecular flexibility index (Phi) is 11.7. The van der Waals surface area contributed by atoms with E-state index in [4.69, 9.17) is 22.1 Å². The molecule has 8 heteroatoms. The minimum atomic E-state index is -0.188. The quantitative estimate of drug-likeness (QED) is 0.702. The topological polar surface area (TPSA) is 67.6 Å². The van der Waals surface area contributed by atoms with Gasteiger partial charge in [-0.1, -0.05) is 23.7 Å². The first kappa shape index (κ1) is 25.4. The number of carbonyl (C=O) groups excluding carboxylic acids is 1. The summed E-state index contributed by atoms with van der Waals surface area (Å²) in [5.74, 6) is 0.0481. The van der Waals surface area contributed by atoms with Crippen molar-refractivity contribution in [2.24, 2.45) is 5.73 Å². The van der Waals surface area contributed by atoms with Crippen molar-refractivity contribution in [1.82, 2.24) is 10.2 Å². The smallest absolute Gasteiger partial charge is 0.220 e. The van der Waals surface area contributed by atoms with Crippen LogP contribution in [0.4, 0.5) is 0 Å². The molecular formula is C18H30Cl3N3O2. The summed E-state index contributed by atoms with van der Waals surface area (Å²) in [5.41, 5.74) is 6.43. The highest BCUT2D eigenvalue weighted by atomic mass is 35.5. The van der Waals surface area contributed by atoms with E-state index in [1.807, 2.05) is 24.3 Å². The third-order valence-corrected chi connectivity index (χ3v) is 4.50. The zero-order valence-corrected chi connectivity index (χ0v) is 17.8. The Labute approximate surface area is 173 Å². The molecule has 5 nitrogen and oxygen atoms in total. The summed E-state index contributed by atoms with van der Waals surface area (Å²) in [4.78, 5) is 14.3. The van der Waals surface area contributed by atoms with Gasteiger partial charge in [0.25, 0.3) is 0 Å². The van der Waals surface area contributed by atoms with Crippen molar-refractivity contribution in [3.8, 4) is 0 Å². The number of hydrogen-bond donors (Lipinski definition) is 2. The average Bonchev–Trinajstić information content (AvgIpc) is 2.54. The summed E-state index contributed by atoms with van der Waals surface area (Å²) >= 11 is 6.02. The van der Waals surface area contributed by atoms with Gasteiger partial charge in [-0.15, -0.1) is 24.8 Å². The van der Waals surface area contributed by atoms with Crippen LogP contribution in [0.2, 0.25) is 5.02 Å². The number of nitrogens with one attached hydrogen (secondary N) is 1.